The zero-order valence-corrected chi connectivity index (χ0v) is 68.8. The molecule has 6 nitrogen and oxygen atoms in total. The fraction of sp³-hybridized carbons (Fsp3) is 0.0769. The van der Waals surface area contributed by atoms with Gasteiger partial charge in [0.15, 0.2) is 0 Å². The molecule has 3 aliphatic carbocycles. The molecule has 22 aromatic rings. The highest BCUT2D eigenvalue weighted by Gasteiger charge is 2.40. The molecule has 0 aliphatic heterocycles. The van der Waals surface area contributed by atoms with Crippen molar-refractivity contribution in [3.63, 3.8) is 0 Å². The van der Waals surface area contributed by atoms with E-state index in [4.69, 9.17) is 17.7 Å². The van der Waals surface area contributed by atoms with Gasteiger partial charge in [-0.3, -0.25) is 0 Å². The molecule has 6 heteroatoms. The van der Waals surface area contributed by atoms with Gasteiger partial charge in [0, 0.05) is 99.0 Å². The summed E-state index contributed by atoms with van der Waals surface area (Å²) in [6, 6.07) is 138. The Bertz CT molecular complexity index is 8200. The van der Waals surface area contributed by atoms with Crippen molar-refractivity contribution in [3.8, 4) is 100 Å². The first-order chi connectivity index (χ1) is 60.1. The van der Waals surface area contributed by atoms with Crippen molar-refractivity contribution >= 4 is 122 Å². The largest absolute Gasteiger partial charge is 0.456 e. The summed E-state index contributed by atoms with van der Waals surface area (Å²) >= 11 is 0. The lowest BCUT2D eigenvalue weighted by Crippen LogP contribution is -2.18. The highest BCUT2D eigenvalue weighted by molar-refractivity contribution is 6.13. The van der Waals surface area contributed by atoms with E-state index in [-0.39, 0.29) is 16.2 Å². The fourth-order valence-electron chi connectivity index (χ4n) is 21.0. The third-order valence-electron chi connectivity index (χ3n) is 27.5. The Balaban J connectivity index is 0.518. The molecular weight excluding hydrogens is 1500 g/mol. The van der Waals surface area contributed by atoms with Crippen LogP contribution in [0.25, 0.3) is 188 Å². The lowest BCUT2D eigenvalue weighted by atomic mass is 9.81. The van der Waals surface area contributed by atoms with Crippen LogP contribution in [0.5, 0.6) is 0 Å². The lowest BCUT2D eigenvalue weighted by Gasteiger charge is -2.30. The number of hydrogen-bond donors (Lipinski definition) is 0. The Hall–Kier alpha value is -15.2. The van der Waals surface area contributed by atoms with E-state index in [9.17, 15) is 0 Å². The summed E-state index contributed by atoms with van der Waals surface area (Å²) in [4.78, 5) is 4.87. The van der Waals surface area contributed by atoms with Crippen LogP contribution in [0.3, 0.4) is 0 Å². The number of benzene rings is 18. The Morgan fingerprint density at radius 2 is 0.447 bits per heavy atom. The smallest absolute Gasteiger partial charge is 0.143 e. The molecule has 0 radical (unpaired) electrons. The first-order valence-corrected chi connectivity index (χ1v) is 42.7. The average Bonchev–Trinajstić information content (AvgIpc) is 1.57. The van der Waals surface area contributed by atoms with Crippen LogP contribution in [-0.4, -0.2) is 0 Å². The second kappa shape index (κ2) is 26.4. The van der Waals surface area contributed by atoms with Crippen LogP contribution in [0, 0.1) is 0 Å². The Labute approximate surface area is 712 Å². The van der Waals surface area contributed by atoms with Gasteiger partial charge in [0.25, 0.3) is 0 Å². The normalized spacial score (nSPS) is 13.8. The molecule has 582 valence electrons. The summed E-state index contributed by atoms with van der Waals surface area (Å²) in [6.45, 7) is 14.3. The number of nitrogens with zero attached hydrogens (tertiary/aromatic N) is 2. The maximum absolute atomic E-state index is 7.02. The highest BCUT2D eigenvalue weighted by Crippen LogP contribution is 2.57. The number of fused-ring (bicyclic) bond motifs is 21. The Morgan fingerprint density at radius 3 is 0.951 bits per heavy atom. The van der Waals surface area contributed by atoms with Gasteiger partial charge in [0.2, 0.25) is 0 Å². The summed E-state index contributed by atoms with van der Waals surface area (Å²) in [5, 5.41) is 8.89. The van der Waals surface area contributed by atoms with E-state index in [1.165, 1.54) is 100 Å². The van der Waals surface area contributed by atoms with Crippen LogP contribution in [0.15, 0.2) is 394 Å². The molecule has 4 heterocycles. The molecule has 0 atom stereocenters. The van der Waals surface area contributed by atoms with Crippen LogP contribution in [0.4, 0.5) is 34.1 Å². The minimum Gasteiger partial charge on any atom is -0.456 e. The van der Waals surface area contributed by atoms with Crippen molar-refractivity contribution in [2.45, 2.75) is 57.8 Å². The zero-order valence-electron chi connectivity index (χ0n) is 68.8. The third kappa shape index (κ3) is 10.9. The predicted molar refractivity (Wildman–Crippen MR) is 510 cm³/mol. The van der Waals surface area contributed by atoms with Crippen molar-refractivity contribution in [3.05, 3.63) is 409 Å². The number of anilines is 6. The number of rotatable bonds is 12. The molecular formula is C117H80N2O4. The zero-order chi connectivity index (χ0) is 81.9. The molecule has 0 fully saturated rings. The van der Waals surface area contributed by atoms with Gasteiger partial charge < -0.3 is 27.5 Å². The van der Waals surface area contributed by atoms with E-state index >= 15 is 0 Å². The molecule has 0 saturated carbocycles. The maximum Gasteiger partial charge on any atom is 0.143 e. The average molecular weight is 1580 g/mol. The van der Waals surface area contributed by atoms with Crippen molar-refractivity contribution in [1.82, 2.24) is 0 Å². The molecule has 3 aliphatic rings. The van der Waals surface area contributed by atoms with Gasteiger partial charge in [-0.2, -0.15) is 0 Å². The van der Waals surface area contributed by atoms with Crippen LogP contribution in [0.2, 0.25) is 0 Å². The van der Waals surface area contributed by atoms with E-state index in [0.29, 0.717) is 0 Å². The molecule has 0 amide bonds. The van der Waals surface area contributed by atoms with E-state index in [1.54, 1.807) is 0 Å². The summed E-state index contributed by atoms with van der Waals surface area (Å²) in [7, 11) is 0. The lowest BCUT2D eigenvalue weighted by molar-refractivity contribution is 0.660. The van der Waals surface area contributed by atoms with Gasteiger partial charge in [0.1, 0.15) is 44.7 Å². The van der Waals surface area contributed by atoms with Crippen molar-refractivity contribution in [2.75, 3.05) is 9.80 Å². The third-order valence-corrected chi connectivity index (χ3v) is 27.5. The topological polar surface area (TPSA) is 59.0 Å². The molecule has 25 rings (SSSR count). The minimum atomic E-state index is -0.317. The first kappa shape index (κ1) is 70.7. The standard InChI is InChI=1S/C117H80N2O4/c1-115(2)101-22-11-7-16-87(101)89-52-47-83(66-104(89)115)118(80-43-34-72(35-44-80)71-28-26-69(27-29-71)70-30-32-73(33-31-70)75-40-56-110-97(60-75)92-17-8-12-23-107(92)120-110)81-45-36-74(37-46-81)76-41-58-113-99(61-76)95-21-15-20-86(114(95)123-113)79-39-55-102-96(63-79)91-54-49-85(68-106(91)116(102,3)4)119(82-50-59-112-100(65-82)94-19-10-14-25-109(94)122-112)84-48-53-90-88-51-38-78(64-103(88)117(5,6)105(90)67-84)77-42-57-111-98(62-77)93-18-9-13-24-108(93)121-111/h7-68H,1-6H3. The Kier molecular flexibility index (Phi) is 15.2. The van der Waals surface area contributed by atoms with Crippen molar-refractivity contribution in [2.24, 2.45) is 0 Å². The van der Waals surface area contributed by atoms with Crippen LogP contribution >= 0.6 is 0 Å². The predicted octanol–water partition coefficient (Wildman–Crippen LogP) is 33.1. The van der Waals surface area contributed by atoms with Gasteiger partial charge in [0.05, 0.1) is 0 Å². The van der Waals surface area contributed by atoms with Crippen molar-refractivity contribution in [1.29, 1.82) is 0 Å². The fourth-order valence-corrected chi connectivity index (χ4v) is 21.0. The van der Waals surface area contributed by atoms with E-state index < -0.39 is 0 Å². The molecule has 0 saturated heterocycles. The molecule has 0 unspecified atom stereocenters. The van der Waals surface area contributed by atoms with Crippen LogP contribution in [-0.2, 0) is 16.2 Å². The van der Waals surface area contributed by atoms with E-state index in [2.05, 4.69) is 397 Å². The molecule has 0 N–H and O–H groups in total. The number of hydrogen-bond acceptors (Lipinski definition) is 6. The summed E-state index contributed by atoms with van der Waals surface area (Å²) in [6.07, 6.45) is 0. The maximum atomic E-state index is 7.02. The summed E-state index contributed by atoms with van der Waals surface area (Å²) < 4.78 is 25.9. The molecule has 123 heavy (non-hydrogen) atoms. The molecule has 18 aromatic carbocycles. The second-order valence-corrected chi connectivity index (χ2v) is 35.4. The van der Waals surface area contributed by atoms with Crippen molar-refractivity contribution < 1.29 is 17.7 Å². The first-order valence-electron chi connectivity index (χ1n) is 42.7. The second-order valence-electron chi connectivity index (χ2n) is 35.4. The Morgan fingerprint density at radius 1 is 0.163 bits per heavy atom. The number of para-hydroxylation sites is 4. The summed E-state index contributed by atoms with van der Waals surface area (Å²) in [5.74, 6) is 0. The van der Waals surface area contributed by atoms with Gasteiger partial charge in [-0.05, 0) is 274 Å². The molecule has 0 bridgehead atoms. The molecule has 0 spiro atoms. The minimum absolute atomic E-state index is 0.170. The van der Waals surface area contributed by atoms with Gasteiger partial charge >= 0.3 is 0 Å². The van der Waals surface area contributed by atoms with Crippen LogP contribution < -0.4 is 9.80 Å². The van der Waals surface area contributed by atoms with Gasteiger partial charge in [-0.1, -0.05) is 272 Å². The van der Waals surface area contributed by atoms with Gasteiger partial charge in [-0.15, -0.1) is 0 Å². The monoisotopic (exact) mass is 1580 g/mol. The molecule has 4 aromatic heterocycles. The quantitative estimate of drug-likeness (QED) is 0.121. The van der Waals surface area contributed by atoms with E-state index in [1.807, 2.05) is 30.3 Å². The highest BCUT2D eigenvalue weighted by atomic mass is 16.3. The van der Waals surface area contributed by atoms with E-state index in [0.717, 1.165) is 155 Å². The SMILES string of the molecule is CC1(C)c2ccccc2-c2ccc(N(c3ccc(-c4ccc(-c5ccc(-c6ccc7oc8ccccc8c7c6)cc5)cc4)cc3)c3ccc(-c4ccc5oc6c(-c7ccc8c(c7)-c7ccc(N(c9ccc%10c(c9)C(C)(C)c9cc(-c%11ccc%12oc%13ccccc%13c%12c%11)ccc9-%10)c9ccc%10oc%11ccccc%11c%10c9)cc7C8(C)C)cccc6c5c4)cc3)cc21. The van der Waals surface area contributed by atoms with Crippen LogP contribution in [0.1, 0.15) is 74.9 Å². The van der Waals surface area contributed by atoms with Gasteiger partial charge in [-0.25, -0.2) is 0 Å². The number of furan rings is 4. The summed E-state index contributed by atoms with van der Waals surface area (Å²) in [5.41, 5.74) is 42.1.